The van der Waals surface area contributed by atoms with E-state index in [1.54, 1.807) is 0 Å². The topological polar surface area (TPSA) is 150 Å². The van der Waals surface area contributed by atoms with Crippen LogP contribution in [0.5, 0.6) is 5.75 Å². The number of halogens is 2. The molecule has 37 heavy (non-hydrogen) atoms. The second-order valence-corrected chi connectivity index (χ2v) is 10.5. The summed E-state index contributed by atoms with van der Waals surface area (Å²) in [6.07, 6.45) is 3.65. The molecule has 2 fully saturated rings. The number of rotatable bonds is 8. The number of carbonyl (C=O) groups excluding carboxylic acids is 2. The SMILES string of the molecule is N#Cc1ccc(O)c(C(=O)NC(=N)NCCCCC[C@@H]2SC[C@@H]3NC(=O)N[C@@H]32)c1-c1cccc(F)c1Cl. The highest BCUT2D eigenvalue weighted by Gasteiger charge is 2.42. The Balaban J connectivity index is 1.30. The molecular weight excluding hydrogens is 519 g/mol. The van der Waals surface area contributed by atoms with Crippen LogP contribution in [-0.2, 0) is 0 Å². The molecule has 2 aliphatic rings. The fourth-order valence-corrected chi connectivity index (χ4v) is 6.38. The first-order chi connectivity index (χ1) is 17.8. The van der Waals surface area contributed by atoms with Gasteiger partial charge in [-0.2, -0.15) is 17.0 Å². The Morgan fingerprint density at radius 1 is 1.27 bits per heavy atom. The first-order valence-electron chi connectivity index (χ1n) is 11.8. The number of nitrogens with zero attached hydrogens (tertiary/aromatic N) is 1. The van der Waals surface area contributed by atoms with E-state index in [-0.39, 0.29) is 51.4 Å². The van der Waals surface area contributed by atoms with Crippen molar-refractivity contribution in [2.75, 3.05) is 12.3 Å². The molecule has 9 nitrogen and oxygen atoms in total. The summed E-state index contributed by atoms with van der Waals surface area (Å²) in [6, 6.07) is 8.72. The number of urea groups is 1. The van der Waals surface area contributed by atoms with E-state index < -0.39 is 17.5 Å². The third-order valence-electron chi connectivity index (χ3n) is 6.40. The van der Waals surface area contributed by atoms with Crippen LogP contribution < -0.4 is 21.3 Å². The van der Waals surface area contributed by atoms with Crippen molar-refractivity contribution in [2.24, 2.45) is 0 Å². The van der Waals surface area contributed by atoms with Crippen LogP contribution in [0.4, 0.5) is 9.18 Å². The largest absolute Gasteiger partial charge is 0.507 e. The van der Waals surface area contributed by atoms with E-state index in [9.17, 15) is 24.3 Å². The third kappa shape index (κ3) is 5.92. The van der Waals surface area contributed by atoms with Gasteiger partial charge in [-0.3, -0.25) is 15.5 Å². The Morgan fingerprint density at radius 3 is 2.86 bits per heavy atom. The second-order valence-electron chi connectivity index (χ2n) is 8.82. The number of fused-ring (bicyclic) bond motifs is 1. The average molecular weight is 545 g/mol. The van der Waals surface area contributed by atoms with E-state index in [2.05, 4.69) is 21.3 Å². The number of nitrogens with one attached hydrogen (secondary N) is 5. The molecule has 0 radical (unpaired) electrons. The number of benzene rings is 2. The summed E-state index contributed by atoms with van der Waals surface area (Å²) in [7, 11) is 0. The highest BCUT2D eigenvalue weighted by Crippen LogP contribution is 2.38. The van der Waals surface area contributed by atoms with Gasteiger partial charge in [0, 0.05) is 28.7 Å². The summed E-state index contributed by atoms with van der Waals surface area (Å²) in [6.45, 7) is 0.452. The van der Waals surface area contributed by atoms with Crippen LogP contribution >= 0.6 is 23.4 Å². The lowest BCUT2D eigenvalue weighted by Crippen LogP contribution is -2.40. The van der Waals surface area contributed by atoms with Gasteiger partial charge in [0.1, 0.15) is 11.6 Å². The number of hydrogen-bond donors (Lipinski definition) is 6. The van der Waals surface area contributed by atoms with Crippen LogP contribution in [0.1, 0.15) is 41.6 Å². The molecule has 6 N–H and O–H groups in total. The molecule has 2 aliphatic heterocycles. The number of hydrogen-bond acceptors (Lipinski definition) is 6. The minimum atomic E-state index is -0.831. The molecule has 12 heteroatoms. The third-order valence-corrected chi connectivity index (χ3v) is 8.29. The van der Waals surface area contributed by atoms with E-state index in [0.717, 1.165) is 37.5 Å². The van der Waals surface area contributed by atoms with E-state index >= 15 is 0 Å². The number of guanidine groups is 1. The van der Waals surface area contributed by atoms with Gasteiger partial charge in [0.2, 0.25) is 0 Å². The minimum Gasteiger partial charge on any atom is -0.507 e. The Kier molecular flexibility index (Phi) is 8.41. The Hall–Kier alpha value is -3.49. The first kappa shape index (κ1) is 26.6. The van der Waals surface area contributed by atoms with Gasteiger partial charge >= 0.3 is 6.03 Å². The second kappa shape index (κ2) is 11.7. The number of amides is 3. The molecule has 2 aromatic rings. The summed E-state index contributed by atoms with van der Waals surface area (Å²) in [5.41, 5.74) is -0.190. The van der Waals surface area contributed by atoms with E-state index in [1.165, 1.54) is 24.3 Å². The van der Waals surface area contributed by atoms with E-state index in [0.29, 0.717) is 11.8 Å². The van der Waals surface area contributed by atoms with Crippen molar-refractivity contribution in [3.8, 4) is 22.9 Å². The molecule has 2 saturated heterocycles. The van der Waals surface area contributed by atoms with Crippen molar-refractivity contribution in [1.82, 2.24) is 21.3 Å². The molecule has 3 atom stereocenters. The Morgan fingerprint density at radius 2 is 2.08 bits per heavy atom. The molecule has 0 aliphatic carbocycles. The van der Waals surface area contributed by atoms with Gasteiger partial charge < -0.3 is 21.1 Å². The van der Waals surface area contributed by atoms with Crippen LogP contribution in [0.15, 0.2) is 30.3 Å². The van der Waals surface area contributed by atoms with Crippen molar-refractivity contribution in [3.63, 3.8) is 0 Å². The highest BCUT2D eigenvalue weighted by atomic mass is 35.5. The number of nitriles is 1. The fourth-order valence-electron chi connectivity index (χ4n) is 4.62. The van der Waals surface area contributed by atoms with Crippen molar-refractivity contribution in [2.45, 2.75) is 43.0 Å². The standard InChI is InChI=1S/C25H26ClFN6O3S/c26-21-14(5-4-6-15(21)27)19-13(11-28)8-9-17(34)20(19)23(35)33-24(29)30-10-3-1-2-7-18-22-16(12-37-18)31-25(36)32-22/h4-6,8-9,16,18,22,34H,1-3,7,10,12H2,(H2,31,32,36)(H3,29,30,33,35)/t16-,18-,22-/m0/s1. The summed E-state index contributed by atoms with van der Waals surface area (Å²) >= 11 is 7.97. The van der Waals surface area contributed by atoms with Crippen molar-refractivity contribution in [3.05, 3.63) is 52.3 Å². The molecule has 0 saturated carbocycles. The lowest BCUT2D eigenvalue weighted by molar-refractivity contribution is 0.0973. The number of thioether (sulfide) groups is 1. The molecule has 194 valence electrons. The van der Waals surface area contributed by atoms with E-state index in [4.69, 9.17) is 17.0 Å². The number of unbranched alkanes of at least 4 members (excludes halogenated alkanes) is 2. The quantitative estimate of drug-likeness (QED) is 0.129. The first-order valence-corrected chi connectivity index (χ1v) is 13.3. The van der Waals surface area contributed by atoms with Gasteiger partial charge in [0.15, 0.2) is 5.96 Å². The molecule has 0 bridgehead atoms. The van der Waals surface area contributed by atoms with Gasteiger partial charge in [-0.05, 0) is 31.0 Å². The normalized spacial score (nSPS) is 19.9. The smallest absolute Gasteiger partial charge is 0.315 e. The van der Waals surface area contributed by atoms with Crippen LogP contribution in [0.2, 0.25) is 5.02 Å². The predicted octanol–water partition coefficient (Wildman–Crippen LogP) is 3.70. The lowest BCUT2D eigenvalue weighted by atomic mass is 9.93. The van der Waals surface area contributed by atoms with Gasteiger partial charge in [-0.1, -0.05) is 36.6 Å². The number of phenolic OH excluding ortho intramolecular Hbond substituents is 1. The molecular formula is C25H26ClFN6O3S. The molecule has 0 unspecified atom stereocenters. The summed E-state index contributed by atoms with van der Waals surface area (Å²) in [4.78, 5) is 24.5. The zero-order chi connectivity index (χ0) is 26.5. The minimum absolute atomic E-state index is 0.0158. The van der Waals surface area contributed by atoms with Crippen LogP contribution in [0.3, 0.4) is 0 Å². The molecule has 2 aromatic carbocycles. The molecule has 2 heterocycles. The van der Waals surface area contributed by atoms with E-state index in [1.807, 2.05) is 17.8 Å². The predicted molar refractivity (Wildman–Crippen MR) is 140 cm³/mol. The molecule has 0 aromatic heterocycles. The maximum Gasteiger partial charge on any atom is 0.315 e. The number of aromatic hydroxyl groups is 1. The summed E-state index contributed by atoms with van der Waals surface area (Å²) in [5, 5.41) is 39.3. The van der Waals surface area contributed by atoms with Crippen LogP contribution in [-0.4, -0.2) is 52.6 Å². The zero-order valence-electron chi connectivity index (χ0n) is 19.7. The van der Waals surface area contributed by atoms with Crippen molar-refractivity contribution in [1.29, 1.82) is 10.7 Å². The summed E-state index contributed by atoms with van der Waals surface area (Å²) in [5.74, 6) is -1.34. The number of phenols is 1. The summed E-state index contributed by atoms with van der Waals surface area (Å²) < 4.78 is 14.1. The maximum absolute atomic E-state index is 14.1. The highest BCUT2D eigenvalue weighted by molar-refractivity contribution is 8.00. The van der Waals surface area contributed by atoms with Gasteiger partial charge in [-0.25, -0.2) is 9.18 Å². The monoisotopic (exact) mass is 544 g/mol. The Bertz CT molecular complexity index is 1270. The molecule has 3 amide bonds. The maximum atomic E-state index is 14.1. The van der Waals surface area contributed by atoms with Gasteiger partial charge in [0.05, 0.1) is 34.3 Å². The van der Waals surface area contributed by atoms with Gasteiger partial charge in [0.25, 0.3) is 5.91 Å². The van der Waals surface area contributed by atoms with Crippen LogP contribution in [0, 0.1) is 22.6 Å². The van der Waals surface area contributed by atoms with Crippen molar-refractivity contribution >= 4 is 41.3 Å². The molecule has 4 rings (SSSR count). The number of carbonyl (C=O) groups is 2. The van der Waals surface area contributed by atoms with Gasteiger partial charge in [-0.15, -0.1) is 0 Å². The lowest BCUT2D eigenvalue weighted by Gasteiger charge is -2.17. The molecule has 0 spiro atoms. The Labute approximate surface area is 222 Å². The van der Waals surface area contributed by atoms with Crippen LogP contribution in [0.25, 0.3) is 11.1 Å². The fraction of sp³-hybridized carbons (Fsp3) is 0.360. The average Bonchev–Trinajstić information content (AvgIpc) is 3.42. The zero-order valence-corrected chi connectivity index (χ0v) is 21.3. The van der Waals surface area contributed by atoms with Crippen molar-refractivity contribution < 1.29 is 19.1 Å².